The van der Waals surface area contributed by atoms with Crippen LogP contribution in [0, 0.1) is 0 Å². The molecule has 150 valence electrons. The number of para-hydroxylation sites is 1. The van der Waals surface area contributed by atoms with E-state index < -0.39 is 18.0 Å². The summed E-state index contributed by atoms with van der Waals surface area (Å²) in [6, 6.07) is 14.1. The molecule has 0 radical (unpaired) electrons. The molecule has 0 aliphatic carbocycles. The smallest absolute Gasteiger partial charge is 0.307 e. The van der Waals surface area contributed by atoms with Gasteiger partial charge in [-0.05, 0) is 43.3 Å². The van der Waals surface area contributed by atoms with Gasteiger partial charge in [-0.2, -0.15) is 0 Å². The van der Waals surface area contributed by atoms with Crippen molar-refractivity contribution >= 4 is 44.4 Å². The molecule has 2 aromatic carbocycles. The topological polar surface area (TPSA) is 90.3 Å². The third-order valence-corrected chi connectivity index (χ3v) is 4.95. The van der Waals surface area contributed by atoms with E-state index in [4.69, 9.17) is 4.74 Å². The van der Waals surface area contributed by atoms with Crippen LogP contribution in [0.2, 0.25) is 0 Å². The molecule has 0 bridgehead atoms. The Morgan fingerprint density at radius 2 is 1.86 bits per heavy atom. The summed E-state index contributed by atoms with van der Waals surface area (Å²) in [7, 11) is 1.62. The summed E-state index contributed by atoms with van der Waals surface area (Å²) in [4.78, 5) is 41.2. The van der Waals surface area contributed by atoms with Crippen molar-refractivity contribution in [3.05, 3.63) is 69.2 Å². The molecule has 1 unspecified atom stereocenters. The number of nitrogens with zero attached hydrogens (tertiary/aromatic N) is 2. The van der Waals surface area contributed by atoms with E-state index in [1.165, 1.54) is 11.5 Å². The van der Waals surface area contributed by atoms with Gasteiger partial charge in [-0.25, -0.2) is 4.98 Å². The van der Waals surface area contributed by atoms with Gasteiger partial charge in [-0.1, -0.05) is 28.1 Å². The van der Waals surface area contributed by atoms with Crippen LogP contribution < -0.4 is 10.9 Å². The predicted molar refractivity (Wildman–Crippen MR) is 114 cm³/mol. The summed E-state index contributed by atoms with van der Waals surface area (Å²) in [6.45, 7) is 1.51. The average Bonchev–Trinajstić information content (AvgIpc) is 2.71. The second-order valence-electron chi connectivity index (χ2n) is 6.54. The van der Waals surface area contributed by atoms with Gasteiger partial charge in [0.1, 0.15) is 5.82 Å². The Labute approximate surface area is 175 Å². The van der Waals surface area contributed by atoms with Crippen LogP contribution in [0.3, 0.4) is 0 Å². The molecule has 3 rings (SSSR count). The van der Waals surface area contributed by atoms with Crippen molar-refractivity contribution in [2.45, 2.75) is 25.9 Å². The molecule has 0 fully saturated rings. The number of aryl methyl sites for hydroxylation is 1. The van der Waals surface area contributed by atoms with E-state index in [2.05, 4.69) is 26.2 Å². The van der Waals surface area contributed by atoms with E-state index in [0.29, 0.717) is 22.4 Å². The van der Waals surface area contributed by atoms with E-state index in [0.717, 1.165) is 4.47 Å². The quantitative estimate of drug-likeness (QED) is 0.573. The number of amides is 1. The maximum atomic E-state index is 12.4. The number of carbonyl (C=O) groups excluding carboxylic acids is 2. The number of fused-ring (bicyclic) bond motifs is 1. The summed E-state index contributed by atoms with van der Waals surface area (Å²) in [5, 5.41) is 3.22. The summed E-state index contributed by atoms with van der Waals surface area (Å²) in [5.74, 6) is -0.472. The molecule has 1 heterocycles. The van der Waals surface area contributed by atoms with Crippen LogP contribution in [0.1, 0.15) is 19.2 Å². The fraction of sp³-hybridized carbons (Fsp3) is 0.238. The normalized spacial score (nSPS) is 11.8. The number of aromatic nitrogens is 2. The Balaban J connectivity index is 1.59. The van der Waals surface area contributed by atoms with E-state index in [1.807, 2.05) is 0 Å². The highest BCUT2D eigenvalue weighted by Gasteiger charge is 2.18. The average molecular weight is 458 g/mol. The minimum Gasteiger partial charge on any atom is -0.453 e. The van der Waals surface area contributed by atoms with Crippen LogP contribution in [-0.2, 0) is 27.8 Å². The molecule has 0 saturated heterocycles. The number of hydrogen-bond donors (Lipinski definition) is 1. The number of esters is 1. The van der Waals surface area contributed by atoms with Gasteiger partial charge in [0.25, 0.3) is 11.5 Å². The highest BCUT2D eigenvalue weighted by Crippen LogP contribution is 2.15. The molecule has 1 aromatic heterocycles. The number of anilines is 1. The maximum Gasteiger partial charge on any atom is 0.307 e. The van der Waals surface area contributed by atoms with Crippen molar-refractivity contribution in [1.29, 1.82) is 0 Å². The van der Waals surface area contributed by atoms with E-state index in [1.54, 1.807) is 55.6 Å². The molecule has 3 aromatic rings. The largest absolute Gasteiger partial charge is 0.453 e. The van der Waals surface area contributed by atoms with Crippen LogP contribution in [0.5, 0.6) is 0 Å². The number of rotatable bonds is 6. The lowest BCUT2D eigenvalue weighted by Gasteiger charge is -2.14. The third kappa shape index (κ3) is 5.08. The molecule has 0 aliphatic heterocycles. The minimum absolute atomic E-state index is 0.00846. The molecular weight excluding hydrogens is 438 g/mol. The summed E-state index contributed by atoms with van der Waals surface area (Å²) in [6.07, 6.45) is -0.704. The van der Waals surface area contributed by atoms with Gasteiger partial charge >= 0.3 is 5.97 Å². The Kier molecular flexibility index (Phi) is 6.43. The van der Waals surface area contributed by atoms with E-state index in [-0.39, 0.29) is 18.4 Å². The zero-order valence-electron chi connectivity index (χ0n) is 16.0. The van der Waals surface area contributed by atoms with Crippen LogP contribution in [0.4, 0.5) is 5.69 Å². The van der Waals surface area contributed by atoms with Gasteiger partial charge in [-0.3, -0.25) is 19.0 Å². The van der Waals surface area contributed by atoms with Crippen LogP contribution in [0.15, 0.2) is 57.8 Å². The number of halogens is 1. The monoisotopic (exact) mass is 457 g/mol. The Morgan fingerprint density at radius 1 is 1.17 bits per heavy atom. The van der Waals surface area contributed by atoms with Crippen LogP contribution in [-0.4, -0.2) is 27.5 Å². The second-order valence-corrected chi connectivity index (χ2v) is 7.45. The zero-order valence-corrected chi connectivity index (χ0v) is 17.6. The molecule has 1 amide bonds. The molecule has 8 heteroatoms. The fourth-order valence-corrected chi connectivity index (χ4v) is 3.05. The molecule has 7 nitrogen and oxygen atoms in total. The van der Waals surface area contributed by atoms with Crippen molar-refractivity contribution < 1.29 is 14.3 Å². The number of hydrogen-bond acceptors (Lipinski definition) is 5. The lowest BCUT2D eigenvalue weighted by atomic mass is 10.2. The van der Waals surface area contributed by atoms with Crippen molar-refractivity contribution in [3.8, 4) is 0 Å². The Hall–Kier alpha value is -3.00. The molecule has 0 aliphatic rings. The molecule has 1 atom stereocenters. The fourth-order valence-electron chi connectivity index (χ4n) is 2.79. The Morgan fingerprint density at radius 3 is 2.59 bits per heavy atom. The second kappa shape index (κ2) is 9.00. The highest BCUT2D eigenvalue weighted by molar-refractivity contribution is 9.10. The predicted octanol–water partition coefficient (Wildman–Crippen LogP) is 3.20. The van der Waals surface area contributed by atoms with Crippen molar-refractivity contribution in [3.63, 3.8) is 0 Å². The van der Waals surface area contributed by atoms with Crippen LogP contribution in [0.25, 0.3) is 10.9 Å². The SMILES string of the molecule is CC(OC(=O)CCc1nc2ccccc2c(=O)n1C)C(=O)Nc1ccc(Br)cc1. The lowest BCUT2D eigenvalue weighted by molar-refractivity contribution is -0.153. The molecular formula is C21H20BrN3O4. The van der Waals surface area contributed by atoms with Gasteiger partial charge in [0.05, 0.1) is 17.3 Å². The first-order valence-electron chi connectivity index (χ1n) is 9.05. The molecule has 29 heavy (non-hydrogen) atoms. The molecule has 0 spiro atoms. The van der Waals surface area contributed by atoms with Crippen molar-refractivity contribution in [1.82, 2.24) is 9.55 Å². The summed E-state index contributed by atoms with van der Waals surface area (Å²) >= 11 is 3.32. The highest BCUT2D eigenvalue weighted by atomic mass is 79.9. The van der Waals surface area contributed by atoms with Gasteiger partial charge in [0.2, 0.25) is 0 Å². The third-order valence-electron chi connectivity index (χ3n) is 4.42. The van der Waals surface area contributed by atoms with Crippen LogP contribution >= 0.6 is 15.9 Å². The number of benzene rings is 2. The minimum atomic E-state index is -0.945. The zero-order chi connectivity index (χ0) is 21.0. The molecule has 0 saturated carbocycles. The van der Waals surface area contributed by atoms with Crippen molar-refractivity contribution in [2.75, 3.05) is 5.32 Å². The number of carbonyl (C=O) groups is 2. The standard InChI is InChI=1S/C21H20BrN3O4/c1-13(20(27)23-15-9-7-14(22)8-10-15)29-19(26)12-11-18-24-17-6-4-3-5-16(17)21(28)25(18)2/h3-10,13H,11-12H2,1-2H3,(H,23,27). The first kappa shape index (κ1) is 20.7. The summed E-state index contributed by atoms with van der Waals surface area (Å²) < 4.78 is 7.54. The lowest BCUT2D eigenvalue weighted by Crippen LogP contribution is -2.30. The van der Waals surface area contributed by atoms with Gasteiger partial charge in [0.15, 0.2) is 6.10 Å². The maximum absolute atomic E-state index is 12.4. The first-order valence-corrected chi connectivity index (χ1v) is 9.85. The van der Waals surface area contributed by atoms with E-state index >= 15 is 0 Å². The Bertz CT molecular complexity index is 1110. The van der Waals surface area contributed by atoms with Crippen molar-refractivity contribution in [2.24, 2.45) is 7.05 Å². The van der Waals surface area contributed by atoms with E-state index in [9.17, 15) is 14.4 Å². The number of ether oxygens (including phenoxy) is 1. The number of nitrogens with one attached hydrogen (secondary N) is 1. The summed E-state index contributed by atoms with van der Waals surface area (Å²) in [5.41, 5.74) is 1.03. The van der Waals surface area contributed by atoms with Gasteiger partial charge < -0.3 is 10.1 Å². The van der Waals surface area contributed by atoms with Gasteiger partial charge in [-0.15, -0.1) is 0 Å². The first-order chi connectivity index (χ1) is 13.8. The molecule has 1 N–H and O–H groups in total. The van der Waals surface area contributed by atoms with Gasteiger partial charge in [0, 0.05) is 23.6 Å².